The summed E-state index contributed by atoms with van der Waals surface area (Å²) in [5, 5.41) is 4.08. The highest BCUT2D eigenvalue weighted by Crippen LogP contribution is 2.23. The van der Waals surface area contributed by atoms with Crippen molar-refractivity contribution >= 4 is 47.4 Å². The molecule has 1 unspecified atom stereocenters. The van der Waals surface area contributed by atoms with Crippen LogP contribution in [0.5, 0.6) is 0 Å². The highest BCUT2D eigenvalue weighted by atomic mass is 127. The molecule has 2 heterocycles. The number of amides is 1. The van der Waals surface area contributed by atoms with E-state index in [1.165, 1.54) is 0 Å². The number of piperidine rings is 1. The summed E-state index contributed by atoms with van der Waals surface area (Å²) in [5.41, 5.74) is 1.01. The highest BCUT2D eigenvalue weighted by molar-refractivity contribution is 14.0. The largest absolute Gasteiger partial charge is 0.378 e. The number of hydrogen-bond donors (Lipinski definition) is 1. The minimum atomic E-state index is -0.155. The van der Waals surface area contributed by atoms with Gasteiger partial charge < -0.3 is 24.6 Å². The summed E-state index contributed by atoms with van der Waals surface area (Å²) in [4.78, 5) is 21.8. The van der Waals surface area contributed by atoms with Gasteiger partial charge in [-0.3, -0.25) is 9.79 Å². The van der Waals surface area contributed by atoms with Crippen LogP contribution in [0.2, 0.25) is 5.02 Å². The first-order chi connectivity index (χ1) is 14.6. The zero-order valence-corrected chi connectivity index (χ0v) is 21.5. The normalized spacial score (nSPS) is 19.0. The topological polar surface area (TPSA) is 66.4 Å². The molecule has 2 aliphatic rings. The number of methoxy groups -OCH3 is 1. The zero-order valence-electron chi connectivity index (χ0n) is 18.4. The molecule has 1 aromatic carbocycles. The van der Waals surface area contributed by atoms with Crippen LogP contribution in [0.4, 0.5) is 0 Å². The quantitative estimate of drug-likeness (QED) is 0.327. The molecule has 2 fully saturated rings. The zero-order chi connectivity index (χ0) is 21.3. The van der Waals surface area contributed by atoms with Crippen molar-refractivity contribution in [1.82, 2.24) is 15.1 Å². The Bertz CT molecular complexity index is 722. The lowest BCUT2D eigenvalue weighted by Crippen LogP contribution is -2.50. The number of guanidine groups is 1. The molecule has 1 atom stereocenters. The van der Waals surface area contributed by atoms with Gasteiger partial charge in [-0.1, -0.05) is 23.7 Å². The second kappa shape index (κ2) is 13.4. The number of hydrogen-bond acceptors (Lipinski definition) is 4. The lowest BCUT2D eigenvalue weighted by Gasteiger charge is -2.36. The fraction of sp³-hybridized carbons (Fsp3) is 0.636. The maximum Gasteiger partial charge on any atom is 0.225 e. The van der Waals surface area contributed by atoms with Gasteiger partial charge in [0.05, 0.1) is 19.8 Å². The molecule has 7 nitrogen and oxygen atoms in total. The van der Waals surface area contributed by atoms with Crippen LogP contribution < -0.4 is 5.32 Å². The molecule has 1 amide bonds. The third-order valence-electron chi connectivity index (χ3n) is 5.71. The van der Waals surface area contributed by atoms with Crippen molar-refractivity contribution < 1.29 is 14.3 Å². The molecule has 174 valence electrons. The monoisotopic (exact) mass is 564 g/mol. The van der Waals surface area contributed by atoms with Gasteiger partial charge >= 0.3 is 0 Å². The first-order valence-corrected chi connectivity index (χ1v) is 11.2. The van der Waals surface area contributed by atoms with Crippen LogP contribution in [0, 0.1) is 5.92 Å². The number of rotatable bonds is 6. The number of likely N-dealkylation sites (tertiary alicyclic amines) is 1. The van der Waals surface area contributed by atoms with Crippen LogP contribution in [0.25, 0.3) is 0 Å². The molecule has 2 saturated heterocycles. The van der Waals surface area contributed by atoms with Gasteiger partial charge in [-0.25, -0.2) is 0 Å². The highest BCUT2D eigenvalue weighted by Gasteiger charge is 2.30. The smallest absolute Gasteiger partial charge is 0.225 e. The van der Waals surface area contributed by atoms with Gasteiger partial charge in [-0.05, 0) is 37.5 Å². The summed E-state index contributed by atoms with van der Waals surface area (Å²) in [7, 11) is 1.69. The van der Waals surface area contributed by atoms with Crippen molar-refractivity contribution in [3.05, 3.63) is 34.9 Å². The Kier molecular flexibility index (Phi) is 11.3. The Balaban J connectivity index is 0.00000341. The van der Waals surface area contributed by atoms with Gasteiger partial charge in [-0.15, -0.1) is 24.0 Å². The first kappa shape index (κ1) is 26.2. The number of benzene rings is 1. The molecular formula is C22H34ClIN4O3. The number of ether oxygens (including phenoxy) is 2. The lowest BCUT2D eigenvalue weighted by atomic mass is 9.95. The first-order valence-electron chi connectivity index (χ1n) is 10.8. The molecule has 2 aliphatic heterocycles. The Labute approximate surface area is 207 Å². The molecule has 1 N–H and O–H groups in total. The summed E-state index contributed by atoms with van der Waals surface area (Å²) in [6.07, 6.45) is 1.54. The number of carbonyl (C=O) groups excluding carboxylic acids is 1. The number of aliphatic imine (C=N–C) groups is 1. The van der Waals surface area contributed by atoms with E-state index in [1.807, 2.05) is 29.2 Å². The Morgan fingerprint density at radius 3 is 2.58 bits per heavy atom. The van der Waals surface area contributed by atoms with E-state index < -0.39 is 0 Å². The van der Waals surface area contributed by atoms with Crippen LogP contribution in [0.1, 0.15) is 31.4 Å². The van der Waals surface area contributed by atoms with Crippen LogP contribution >= 0.6 is 35.6 Å². The van der Waals surface area contributed by atoms with E-state index in [-0.39, 0.29) is 41.9 Å². The predicted molar refractivity (Wildman–Crippen MR) is 134 cm³/mol. The summed E-state index contributed by atoms with van der Waals surface area (Å²) in [6.45, 7) is 7.73. The SMILES string of the molecule is CCNC(=NCC(OC)c1cccc(Cl)c1)N1CCC(C(=O)N2CCOCC2)CC1.I. The maximum atomic E-state index is 12.8. The second-order valence-electron chi connectivity index (χ2n) is 7.67. The molecule has 3 rings (SSSR count). The average Bonchev–Trinajstić information content (AvgIpc) is 2.79. The van der Waals surface area contributed by atoms with Gasteiger partial charge in [0, 0.05) is 50.8 Å². The van der Waals surface area contributed by atoms with E-state index in [0.29, 0.717) is 37.9 Å². The lowest BCUT2D eigenvalue weighted by molar-refractivity contribution is -0.140. The molecule has 0 bridgehead atoms. The molecule has 1 aromatic rings. The van der Waals surface area contributed by atoms with Crippen molar-refractivity contribution in [3.63, 3.8) is 0 Å². The minimum absolute atomic E-state index is 0. The van der Waals surface area contributed by atoms with Crippen LogP contribution in [0.15, 0.2) is 29.3 Å². The van der Waals surface area contributed by atoms with Crippen molar-refractivity contribution in [2.45, 2.75) is 25.9 Å². The van der Waals surface area contributed by atoms with Crippen molar-refractivity contribution in [2.75, 3.05) is 59.6 Å². The number of halogens is 2. The average molecular weight is 565 g/mol. The molecule has 0 aliphatic carbocycles. The number of nitrogens with zero attached hydrogens (tertiary/aromatic N) is 3. The van der Waals surface area contributed by atoms with E-state index in [9.17, 15) is 4.79 Å². The number of morpholine rings is 1. The molecule has 0 spiro atoms. The van der Waals surface area contributed by atoms with E-state index in [4.69, 9.17) is 26.1 Å². The predicted octanol–water partition coefficient (Wildman–Crippen LogP) is 3.18. The molecule has 0 saturated carbocycles. The van der Waals surface area contributed by atoms with E-state index in [0.717, 1.165) is 44.0 Å². The van der Waals surface area contributed by atoms with E-state index >= 15 is 0 Å². The fourth-order valence-electron chi connectivity index (χ4n) is 4.00. The Morgan fingerprint density at radius 1 is 1.26 bits per heavy atom. The van der Waals surface area contributed by atoms with Crippen molar-refractivity contribution in [1.29, 1.82) is 0 Å². The van der Waals surface area contributed by atoms with E-state index in [1.54, 1.807) is 7.11 Å². The number of nitrogens with one attached hydrogen (secondary N) is 1. The standard InChI is InChI=1S/C22H33ClN4O3.HI/c1-3-24-22(25-16-20(29-2)18-5-4-6-19(23)15-18)27-9-7-17(8-10-27)21(28)26-11-13-30-14-12-26;/h4-6,15,17,20H,3,7-14,16H2,1-2H3,(H,24,25);1H. The van der Waals surface area contributed by atoms with E-state index in [2.05, 4.69) is 17.1 Å². The van der Waals surface area contributed by atoms with Gasteiger partial charge in [0.25, 0.3) is 0 Å². The van der Waals surface area contributed by atoms with Gasteiger partial charge in [0.15, 0.2) is 5.96 Å². The van der Waals surface area contributed by atoms with Crippen molar-refractivity contribution in [2.24, 2.45) is 10.9 Å². The molecule has 9 heteroatoms. The fourth-order valence-corrected chi connectivity index (χ4v) is 4.20. The summed E-state index contributed by atoms with van der Waals surface area (Å²) in [5.74, 6) is 1.25. The summed E-state index contributed by atoms with van der Waals surface area (Å²) < 4.78 is 11.0. The van der Waals surface area contributed by atoms with Gasteiger partial charge in [-0.2, -0.15) is 0 Å². The minimum Gasteiger partial charge on any atom is -0.378 e. The molecule has 31 heavy (non-hydrogen) atoms. The van der Waals surface area contributed by atoms with Crippen LogP contribution in [-0.2, 0) is 14.3 Å². The molecule has 0 aromatic heterocycles. The summed E-state index contributed by atoms with van der Waals surface area (Å²) >= 11 is 6.13. The van der Waals surface area contributed by atoms with Gasteiger partial charge in [0.1, 0.15) is 6.10 Å². The van der Waals surface area contributed by atoms with Gasteiger partial charge in [0.2, 0.25) is 5.91 Å². The Hall–Kier alpha value is -1.10. The third kappa shape index (κ3) is 7.47. The van der Waals surface area contributed by atoms with Crippen molar-refractivity contribution in [3.8, 4) is 0 Å². The van der Waals surface area contributed by atoms with Crippen LogP contribution in [0.3, 0.4) is 0 Å². The molecule has 0 radical (unpaired) electrons. The maximum absolute atomic E-state index is 12.8. The van der Waals surface area contributed by atoms with Crippen LogP contribution in [-0.4, -0.2) is 81.3 Å². The second-order valence-corrected chi connectivity index (χ2v) is 8.11. The number of carbonyl (C=O) groups is 1. The Morgan fingerprint density at radius 2 is 1.97 bits per heavy atom. The third-order valence-corrected chi connectivity index (χ3v) is 5.95. The summed E-state index contributed by atoms with van der Waals surface area (Å²) in [6, 6.07) is 7.70. The molecular weight excluding hydrogens is 531 g/mol.